The first kappa shape index (κ1) is 15.5. The molecule has 1 atom stereocenters. The summed E-state index contributed by atoms with van der Waals surface area (Å²) in [6, 6.07) is 11.6. The number of hydrogen-bond donors (Lipinski definition) is 2. The van der Waals surface area contributed by atoms with Crippen molar-refractivity contribution in [3.8, 4) is 0 Å². The minimum absolute atomic E-state index is 0.0310. The van der Waals surface area contributed by atoms with Crippen LogP contribution in [0.4, 0.5) is 4.79 Å². The van der Waals surface area contributed by atoms with Crippen molar-refractivity contribution in [3.05, 3.63) is 64.4 Å². The van der Waals surface area contributed by atoms with E-state index >= 15 is 0 Å². The smallest absolute Gasteiger partial charge is 0.315 e. The van der Waals surface area contributed by atoms with Crippen molar-refractivity contribution in [1.82, 2.24) is 15.6 Å². The Bertz CT molecular complexity index is 572. The van der Waals surface area contributed by atoms with Crippen molar-refractivity contribution in [2.75, 3.05) is 6.54 Å². The van der Waals surface area contributed by atoms with Crippen LogP contribution in [0.2, 0.25) is 0 Å². The van der Waals surface area contributed by atoms with Gasteiger partial charge in [0.15, 0.2) is 0 Å². The highest BCUT2D eigenvalue weighted by Gasteiger charge is 2.08. The van der Waals surface area contributed by atoms with Gasteiger partial charge in [-0.25, -0.2) is 4.79 Å². The lowest BCUT2D eigenvalue weighted by atomic mass is 10.1. The average molecular weight is 348 g/mol. The third-order valence-electron chi connectivity index (χ3n) is 3.14. The maximum Gasteiger partial charge on any atom is 0.315 e. The highest BCUT2D eigenvalue weighted by atomic mass is 79.9. The van der Waals surface area contributed by atoms with Crippen molar-refractivity contribution in [1.29, 1.82) is 0 Å². The fraction of sp³-hybridized carbons (Fsp3) is 0.250. The molecule has 0 spiro atoms. The third-order valence-corrected chi connectivity index (χ3v) is 3.67. The van der Waals surface area contributed by atoms with Gasteiger partial charge in [0.25, 0.3) is 0 Å². The van der Waals surface area contributed by atoms with Gasteiger partial charge in [0, 0.05) is 23.4 Å². The number of nitrogens with zero attached hydrogens (tertiary/aromatic N) is 1. The van der Waals surface area contributed by atoms with E-state index in [9.17, 15) is 4.79 Å². The van der Waals surface area contributed by atoms with Gasteiger partial charge in [0.1, 0.15) is 0 Å². The van der Waals surface area contributed by atoms with Gasteiger partial charge in [0.2, 0.25) is 0 Å². The summed E-state index contributed by atoms with van der Waals surface area (Å²) in [7, 11) is 0. The first-order valence-electron chi connectivity index (χ1n) is 6.84. The summed E-state index contributed by atoms with van der Waals surface area (Å²) < 4.78 is 1.03. The van der Waals surface area contributed by atoms with Crippen molar-refractivity contribution in [3.63, 3.8) is 0 Å². The molecule has 0 saturated carbocycles. The van der Waals surface area contributed by atoms with Crippen LogP contribution in [0.1, 0.15) is 24.1 Å². The molecule has 1 aromatic heterocycles. The standard InChI is InChI=1S/C16H18BrN3O/c1-12(14-4-6-15(17)7-5-14)20-16(21)19-10-8-13-3-2-9-18-11-13/h2-7,9,11-12H,8,10H2,1H3,(H2,19,20,21). The Hall–Kier alpha value is -1.88. The molecule has 0 aliphatic carbocycles. The van der Waals surface area contributed by atoms with Crippen LogP contribution >= 0.6 is 15.9 Å². The van der Waals surface area contributed by atoms with Gasteiger partial charge in [-0.2, -0.15) is 0 Å². The molecule has 110 valence electrons. The molecular weight excluding hydrogens is 330 g/mol. The van der Waals surface area contributed by atoms with Crippen LogP contribution in [-0.2, 0) is 6.42 Å². The Morgan fingerprint density at radius 3 is 2.71 bits per heavy atom. The lowest BCUT2D eigenvalue weighted by molar-refractivity contribution is 0.238. The maximum atomic E-state index is 11.8. The Kier molecular flexibility index (Phi) is 5.75. The maximum absolute atomic E-state index is 11.8. The van der Waals surface area contributed by atoms with E-state index in [1.807, 2.05) is 49.5 Å². The topological polar surface area (TPSA) is 54.0 Å². The first-order chi connectivity index (χ1) is 10.1. The summed E-state index contributed by atoms with van der Waals surface area (Å²) in [5, 5.41) is 5.78. The van der Waals surface area contributed by atoms with Gasteiger partial charge in [0.05, 0.1) is 6.04 Å². The number of carbonyl (C=O) groups excluding carboxylic acids is 1. The quantitative estimate of drug-likeness (QED) is 0.870. The summed E-state index contributed by atoms with van der Waals surface area (Å²) in [6.07, 6.45) is 4.32. The van der Waals surface area contributed by atoms with Crippen LogP contribution < -0.4 is 10.6 Å². The molecule has 0 aliphatic heterocycles. The molecule has 0 fully saturated rings. The number of aromatic nitrogens is 1. The van der Waals surface area contributed by atoms with Crippen LogP contribution in [0, 0.1) is 0 Å². The molecule has 0 aliphatic rings. The number of carbonyl (C=O) groups is 1. The van der Waals surface area contributed by atoms with Gasteiger partial charge in [-0.15, -0.1) is 0 Å². The lowest BCUT2D eigenvalue weighted by Crippen LogP contribution is -2.38. The number of hydrogen-bond acceptors (Lipinski definition) is 2. The SMILES string of the molecule is CC(NC(=O)NCCc1cccnc1)c1ccc(Br)cc1. The van der Waals surface area contributed by atoms with Gasteiger partial charge in [-0.3, -0.25) is 4.98 Å². The number of halogens is 1. The van der Waals surface area contributed by atoms with E-state index < -0.39 is 0 Å². The summed E-state index contributed by atoms with van der Waals surface area (Å²) >= 11 is 3.40. The molecule has 2 amide bonds. The van der Waals surface area contributed by atoms with Gasteiger partial charge >= 0.3 is 6.03 Å². The van der Waals surface area contributed by atoms with Crippen LogP contribution in [0.25, 0.3) is 0 Å². The van der Waals surface area contributed by atoms with Crippen molar-refractivity contribution in [2.24, 2.45) is 0 Å². The highest BCUT2D eigenvalue weighted by Crippen LogP contribution is 2.16. The van der Waals surface area contributed by atoms with Crippen molar-refractivity contribution in [2.45, 2.75) is 19.4 Å². The molecule has 2 rings (SSSR count). The van der Waals surface area contributed by atoms with E-state index in [0.29, 0.717) is 6.54 Å². The zero-order chi connectivity index (χ0) is 15.1. The second kappa shape index (κ2) is 7.78. The summed E-state index contributed by atoms with van der Waals surface area (Å²) in [5.74, 6) is 0. The van der Waals surface area contributed by atoms with E-state index in [4.69, 9.17) is 0 Å². The van der Waals surface area contributed by atoms with E-state index in [2.05, 4.69) is 31.5 Å². The predicted molar refractivity (Wildman–Crippen MR) is 87.0 cm³/mol. The van der Waals surface area contributed by atoms with Crippen LogP contribution in [0.3, 0.4) is 0 Å². The van der Waals surface area contributed by atoms with E-state index in [0.717, 1.165) is 22.0 Å². The van der Waals surface area contributed by atoms with Crippen molar-refractivity contribution < 1.29 is 4.79 Å². The zero-order valence-electron chi connectivity index (χ0n) is 11.8. The van der Waals surface area contributed by atoms with Crippen LogP contribution in [0.5, 0.6) is 0 Å². The number of pyridine rings is 1. The Balaban J connectivity index is 1.75. The van der Waals surface area contributed by atoms with E-state index in [1.165, 1.54) is 0 Å². The number of nitrogens with one attached hydrogen (secondary N) is 2. The number of benzene rings is 1. The third kappa shape index (κ3) is 5.19. The zero-order valence-corrected chi connectivity index (χ0v) is 13.4. The number of amides is 2. The molecule has 0 bridgehead atoms. The molecule has 2 aromatic rings. The Morgan fingerprint density at radius 2 is 2.05 bits per heavy atom. The summed E-state index contributed by atoms with van der Waals surface area (Å²) in [6.45, 7) is 2.55. The monoisotopic (exact) mass is 347 g/mol. The highest BCUT2D eigenvalue weighted by molar-refractivity contribution is 9.10. The van der Waals surface area contributed by atoms with Crippen LogP contribution in [0.15, 0.2) is 53.3 Å². The number of urea groups is 1. The first-order valence-corrected chi connectivity index (χ1v) is 7.63. The molecule has 0 radical (unpaired) electrons. The minimum atomic E-state index is -0.158. The molecule has 2 N–H and O–H groups in total. The van der Waals surface area contributed by atoms with E-state index in [-0.39, 0.29) is 12.1 Å². The normalized spacial score (nSPS) is 11.7. The Labute approximate surface area is 133 Å². The second-order valence-electron chi connectivity index (χ2n) is 4.78. The van der Waals surface area contributed by atoms with Crippen molar-refractivity contribution >= 4 is 22.0 Å². The molecule has 1 unspecified atom stereocenters. The molecule has 4 nitrogen and oxygen atoms in total. The molecule has 21 heavy (non-hydrogen) atoms. The molecule has 0 saturated heterocycles. The summed E-state index contributed by atoms with van der Waals surface area (Å²) in [4.78, 5) is 15.9. The second-order valence-corrected chi connectivity index (χ2v) is 5.70. The van der Waals surface area contributed by atoms with E-state index in [1.54, 1.807) is 6.20 Å². The molecule has 1 heterocycles. The fourth-order valence-electron chi connectivity index (χ4n) is 1.95. The van der Waals surface area contributed by atoms with Crippen LogP contribution in [-0.4, -0.2) is 17.6 Å². The Morgan fingerprint density at radius 1 is 1.29 bits per heavy atom. The fourth-order valence-corrected chi connectivity index (χ4v) is 2.21. The lowest BCUT2D eigenvalue weighted by Gasteiger charge is -2.15. The number of rotatable bonds is 5. The molecular formula is C16H18BrN3O. The molecule has 1 aromatic carbocycles. The predicted octanol–water partition coefficient (Wildman–Crippen LogP) is 3.45. The minimum Gasteiger partial charge on any atom is -0.338 e. The molecule has 5 heteroatoms. The van der Waals surface area contributed by atoms with Gasteiger partial charge < -0.3 is 10.6 Å². The summed E-state index contributed by atoms with van der Waals surface area (Å²) in [5.41, 5.74) is 2.18. The van der Waals surface area contributed by atoms with Gasteiger partial charge in [-0.05, 0) is 42.7 Å². The largest absolute Gasteiger partial charge is 0.338 e. The van der Waals surface area contributed by atoms with Gasteiger partial charge in [-0.1, -0.05) is 34.1 Å². The average Bonchev–Trinajstić information content (AvgIpc) is 2.49.